The van der Waals surface area contributed by atoms with Gasteiger partial charge in [-0.2, -0.15) is 4.98 Å². The summed E-state index contributed by atoms with van der Waals surface area (Å²) in [4.78, 5) is 20.6. The Bertz CT molecular complexity index is 844. The van der Waals surface area contributed by atoms with Crippen LogP contribution in [0.25, 0.3) is 10.8 Å². The van der Waals surface area contributed by atoms with E-state index in [0.717, 1.165) is 10.6 Å². The summed E-state index contributed by atoms with van der Waals surface area (Å²) in [5.74, 6) is 1.50. The van der Waals surface area contributed by atoms with E-state index < -0.39 is 6.09 Å². The van der Waals surface area contributed by atoms with Crippen LogP contribution in [-0.2, 0) is 11.3 Å². The molecule has 1 aromatic carbocycles. The molecule has 3 aromatic rings. The smallest absolute Gasteiger partial charge is 0.411 e. The Morgan fingerprint density at radius 3 is 2.80 bits per heavy atom. The van der Waals surface area contributed by atoms with Gasteiger partial charge in [-0.3, -0.25) is 5.32 Å². The first-order valence-corrected chi connectivity index (χ1v) is 8.43. The van der Waals surface area contributed by atoms with E-state index in [0.29, 0.717) is 29.8 Å². The highest BCUT2D eigenvalue weighted by atomic mass is 32.1. The van der Waals surface area contributed by atoms with Crippen molar-refractivity contribution < 1.29 is 18.8 Å². The molecule has 0 aliphatic heterocycles. The van der Waals surface area contributed by atoms with Crippen molar-refractivity contribution in [1.82, 2.24) is 15.1 Å². The highest BCUT2D eigenvalue weighted by Crippen LogP contribution is 2.25. The van der Waals surface area contributed by atoms with E-state index in [1.165, 1.54) is 11.3 Å². The molecule has 2 aromatic heterocycles. The van der Waals surface area contributed by atoms with Gasteiger partial charge >= 0.3 is 6.09 Å². The van der Waals surface area contributed by atoms with Crippen LogP contribution >= 0.6 is 11.3 Å². The van der Waals surface area contributed by atoms with Crippen LogP contribution in [-0.4, -0.2) is 27.8 Å². The molecule has 1 amide bonds. The topological polar surface area (TPSA) is 99.4 Å². The molecule has 2 heterocycles. The fraction of sp³-hybridized carbons (Fsp3) is 0.250. The first-order valence-electron chi connectivity index (χ1n) is 7.55. The number of ether oxygens (including phenoxy) is 2. The van der Waals surface area contributed by atoms with Gasteiger partial charge in [0.05, 0.1) is 17.8 Å². The monoisotopic (exact) mass is 360 g/mol. The molecule has 1 N–H and O–H groups in total. The number of aromatic nitrogens is 3. The van der Waals surface area contributed by atoms with Crippen LogP contribution in [0, 0.1) is 6.92 Å². The van der Waals surface area contributed by atoms with Gasteiger partial charge in [0.25, 0.3) is 5.89 Å². The molecule has 0 aliphatic rings. The van der Waals surface area contributed by atoms with Crippen LogP contribution in [0.2, 0.25) is 0 Å². The number of carbonyl (C=O) groups excluding carboxylic acids is 1. The van der Waals surface area contributed by atoms with Gasteiger partial charge in [0.1, 0.15) is 10.6 Å². The normalized spacial score (nSPS) is 10.5. The number of aryl methyl sites for hydroxylation is 1. The van der Waals surface area contributed by atoms with E-state index >= 15 is 0 Å². The number of hydrogen-bond donors (Lipinski definition) is 1. The first-order chi connectivity index (χ1) is 12.2. The fourth-order valence-corrected chi connectivity index (χ4v) is 2.70. The zero-order chi connectivity index (χ0) is 17.6. The maximum Gasteiger partial charge on any atom is 0.411 e. The molecule has 0 saturated heterocycles. The van der Waals surface area contributed by atoms with Crippen LogP contribution < -0.4 is 10.1 Å². The molecule has 0 fully saturated rings. The van der Waals surface area contributed by atoms with Crippen LogP contribution in [0.5, 0.6) is 5.75 Å². The minimum absolute atomic E-state index is 0.173. The third-order valence-electron chi connectivity index (χ3n) is 3.15. The predicted molar refractivity (Wildman–Crippen MR) is 91.6 cm³/mol. The molecule has 3 rings (SSSR count). The Kier molecular flexibility index (Phi) is 5.24. The summed E-state index contributed by atoms with van der Waals surface area (Å²) < 4.78 is 15.7. The third-order valence-corrected chi connectivity index (χ3v) is 4.07. The standard InChI is InChI=1S/C16H16N4O4S/c1-3-22-16(21)18-11-4-6-12(7-5-11)23-8-13-19-15(24-20-13)14-10(2)17-9-25-14/h4-7,9H,3,8H2,1-2H3,(H,18,21). The second-order valence-corrected chi connectivity index (χ2v) is 5.80. The molecule has 0 bridgehead atoms. The van der Waals surface area contributed by atoms with Gasteiger partial charge in [-0.15, -0.1) is 11.3 Å². The average molecular weight is 360 g/mol. The number of amides is 1. The molecule has 8 nitrogen and oxygen atoms in total. The van der Waals surface area contributed by atoms with Crippen LogP contribution in [0.4, 0.5) is 10.5 Å². The Labute approximate surface area is 147 Å². The predicted octanol–water partition coefficient (Wildman–Crippen LogP) is 3.65. The lowest BCUT2D eigenvalue weighted by atomic mass is 10.3. The summed E-state index contributed by atoms with van der Waals surface area (Å²) in [5.41, 5.74) is 3.20. The number of anilines is 1. The lowest BCUT2D eigenvalue weighted by Crippen LogP contribution is -2.13. The third kappa shape index (κ3) is 4.32. The number of benzene rings is 1. The highest BCUT2D eigenvalue weighted by molar-refractivity contribution is 7.13. The lowest BCUT2D eigenvalue weighted by Gasteiger charge is -2.07. The Morgan fingerprint density at radius 2 is 2.12 bits per heavy atom. The number of carbonyl (C=O) groups is 1. The minimum atomic E-state index is -0.492. The molecular formula is C16H16N4O4S. The molecule has 25 heavy (non-hydrogen) atoms. The minimum Gasteiger partial charge on any atom is -0.485 e. The summed E-state index contributed by atoms with van der Waals surface area (Å²) in [7, 11) is 0. The second-order valence-electron chi connectivity index (χ2n) is 4.94. The fourth-order valence-electron chi connectivity index (χ4n) is 1.98. The Morgan fingerprint density at radius 1 is 1.32 bits per heavy atom. The van der Waals surface area contributed by atoms with Crippen LogP contribution in [0.1, 0.15) is 18.4 Å². The molecule has 0 aliphatic carbocycles. The van der Waals surface area contributed by atoms with Crippen molar-refractivity contribution >= 4 is 23.1 Å². The van der Waals surface area contributed by atoms with Gasteiger partial charge in [0, 0.05) is 5.69 Å². The number of thiazole rings is 1. The zero-order valence-corrected chi connectivity index (χ0v) is 14.5. The SMILES string of the molecule is CCOC(=O)Nc1ccc(OCc2noc(-c3scnc3C)n2)cc1. The number of nitrogens with one attached hydrogen (secondary N) is 1. The summed E-state index contributed by atoms with van der Waals surface area (Å²) in [6, 6.07) is 6.90. The summed E-state index contributed by atoms with van der Waals surface area (Å²) in [6.45, 7) is 4.13. The van der Waals surface area contributed by atoms with Crippen molar-refractivity contribution in [3.63, 3.8) is 0 Å². The largest absolute Gasteiger partial charge is 0.485 e. The van der Waals surface area contributed by atoms with E-state index in [1.807, 2.05) is 6.92 Å². The van der Waals surface area contributed by atoms with E-state index in [4.69, 9.17) is 14.0 Å². The van der Waals surface area contributed by atoms with Crippen LogP contribution in [0.15, 0.2) is 34.3 Å². The molecule has 0 unspecified atom stereocenters. The van der Waals surface area contributed by atoms with E-state index in [1.54, 1.807) is 36.7 Å². The van der Waals surface area contributed by atoms with Crippen molar-refractivity contribution in [3.05, 3.63) is 41.3 Å². The maximum atomic E-state index is 11.3. The summed E-state index contributed by atoms with van der Waals surface area (Å²) in [5, 5.41) is 6.51. The highest BCUT2D eigenvalue weighted by Gasteiger charge is 2.13. The molecule has 0 radical (unpaired) electrons. The summed E-state index contributed by atoms with van der Waals surface area (Å²) in [6.07, 6.45) is -0.492. The molecule has 9 heteroatoms. The molecule has 0 atom stereocenters. The maximum absolute atomic E-state index is 11.3. The van der Waals surface area contributed by atoms with Gasteiger partial charge in [-0.05, 0) is 38.1 Å². The van der Waals surface area contributed by atoms with E-state index in [2.05, 4.69) is 20.4 Å². The van der Waals surface area contributed by atoms with E-state index in [-0.39, 0.29) is 6.61 Å². The quantitative estimate of drug-likeness (QED) is 0.716. The van der Waals surface area contributed by atoms with Gasteiger partial charge < -0.3 is 14.0 Å². The average Bonchev–Trinajstić information content (AvgIpc) is 3.23. The van der Waals surface area contributed by atoms with Crippen molar-refractivity contribution in [1.29, 1.82) is 0 Å². The second kappa shape index (κ2) is 7.75. The Balaban J connectivity index is 1.56. The first kappa shape index (κ1) is 16.9. The van der Waals surface area contributed by atoms with Crippen molar-refractivity contribution in [2.24, 2.45) is 0 Å². The summed E-state index contributed by atoms with van der Waals surface area (Å²) >= 11 is 1.45. The van der Waals surface area contributed by atoms with Crippen molar-refractivity contribution in [3.8, 4) is 16.5 Å². The van der Waals surface area contributed by atoms with E-state index in [9.17, 15) is 4.79 Å². The van der Waals surface area contributed by atoms with Crippen molar-refractivity contribution in [2.75, 3.05) is 11.9 Å². The molecule has 130 valence electrons. The lowest BCUT2D eigenvalue weighted by molar-refractivity contribution is 0.168. The molecular weight excluding hydrogens is 344 g/mol. The number of rotatable bonds is 6. The van der Waals surface area contributed by atoms with Gasteiger partial charge in [-0.25, -0.2) is 9.78 Å². The number of hydrogen-bond acceptors (Lipinski definition) is 8. The van der Waals surface area contributed by atoms with Gasteiger partial charge in [0.15, 0.2) is 6.61 Å². The van der Waals surface area contributed by atoms with Crippen molar-refractivity contribution in [2.45, 2.75) is 20.5 Å². The van der Waals surface area contributed by atoms with Gasteiger partial charge in [-0.1, -0.05) is 5.16 Å². The Hall–Kier alpha value is -2.94. The van der Waals surface area contributed by atoms with Crippen LogP contribution in [0.3, 0.4) is 0 Å². The molecule has 0 spiro atoms. The zero-order valence-electron chi connectivity index (χ0n) is 13.7. The number of nitrogens with zero attached hydrogens (tertiary/aromatic N) is 3. The van der Waals surface area contributed by atoms with Gasteiger partial charge in [0.2, 0.25) is 5.82 Å². The molecule has 0 saturated carbocycles.